The van der Waals surface area contributed by atoms with Crippen LogP contribution in [-0.2, 0) is 9.53 Å². The van der Waals surface area contributed by atoms with Crippen molar-refractivity contribution in [2.75, 3.05) is 7.05 Å². The lowest BCUT2D eigenvalue weighted by atomic mass is 9.89. The molecule has 2 rings (SSSR count). The Morgan fingerprint density at radius 3 is 2.37 bits per heavy atom. The molecule has 0 aromatic rings. The van der Waals surface area contributed by atoms with E-state index in [0.717, 1.165) is 38.5 Å². The number of esters is 1. The van der Waals surface area contributed by atoms with Gasteiger partial charge in [-0.1, -0.05) is 13.3 Å². The highest BCUT2D eigenvalue weighted by Gasteiger charge is 2.59. The molecule has 1 unspecified atom stereocenters. The fourth-order valence-electron chi connectivity index (χ4n) is 3.08. The first kappa shape index (κ1) is 14.8. The van der Waals surface area contributed by atoms with E-state index < -0.39 is 11.2 Å². The maximum atomic E-state index is 12.7. The van der Waals surface area contributed by atoms with Crippen molar-refractivity contribution >= 4 is 5.97 Å². The van der Waals surface area contributed by atoms with Crippen LogP contribution in [0, 0.1) is 0 Å². The summed E-state index contributed by atoms with van der Waals surface area (Å²) in [6.45, 7) is 6.00. The van der Waals surface area contributed by atoms with Crippen LogP contribution in [0.3, 0.4) is 0 Å². The monoisotopic (exact) mass is 269 g/mol. The van der Waals surface area contributed by atoms with Crippen molar-refractivity contribution in [3.63, 3.8) is 0 Å². The summed E-state index contributed by atoms with van der Waals surface area (Å²) in [5.74, 6) is -0.162. The Morgan fingerprint density at radius 2 is 1.95 bits per heavy atom. The van der Waals surface area contributed by atoms with Gasteiger partial charge in [0.05, 0.1) is 0 Å². The van der Waals surface area contributed by atoms with Crippen molar-refractivity contribution in [3.05, 3.63) is 0 Å². The molecular formula is C14H27N3O2. The van der Waals surface area contributed by atoms with Crippen LogP contribution < -0.4 is 16.2 Å². The third kappa shape index (κ3) is 2.51. The Bertz CT molecular complexity index is 349. The van der Waals surface area contributed by atoms with Crippen LogP contribution in [0.4, 0.5) is 0 Å². The molecule has 19 heavy (non-hydrogen) atoms. The fraction of sp³-hybridized carbons (Fsp3) is 0.929. The largest absolute Gasteiger partial charge is 0.458 e. The number of hydrogen-bond acceptors (Lipinski definition) is 5. The molecule has 110 valence electrons. The zero-order chi connectivity index (χ0) is 14.1. The molecule has 3 N–H and O–H groups in total. The molecule has 0 aromatic heterocycles. The Labute approximate surface area is 115 Å². The molecule has 1 heterocycles. The van der Waals surface area contributed by atoms with E-state index in [2.05, 4.69) is 23.1 Å². The minimum atomic E-state index is -0.754. The summed E-state index contributed by atoms with van der Waals surface area (Å²) >= 11 is 0. The first-order valence-corrected chi connectivity index (χ1v) is 7.38. The Kier molecular flexibility index (Phi) is 3.91. The number of hydrogen-bond donors (Lipinski definition) is 3. The van der Waals surface area contributed by atoms with E-state index >= 15 is 0 Å². The van der Waals surface area contributed by atoms with Gasteiger partial charge in [0.2, 0.25) is 0 Å². The molecule has 1 aliphatic heterocycles. The van der Waals surface area contributed by atoms with Gasteiger partial charge in [0.15, 0.2) is 0 Å². The third-order valence-electron chi connectivity index (χ3n) is 4.94. The molecule has 2 fully saturated rings. The molecule has 5 heteroatoms. The summed E-state index contributed by atoms with van der Waals surface area (Å²) in [5, 5.41) is 3.11. The first-order valence-electron chi connectivity index (χ1n) is 7.38. The first-order chi connectivity index (χ1) is 8.91. The second kappa shape index (κ2) is 5.04. The SMILES string of the molecule is CCCC1(OC(=O)C(C)(NC)C2(C)NN2)CCCC1. The number of rotatable bonds is 6. The van der Waals surface area contributed by atoms with Crippen LogP contribution >= 0.6 is 0 Å². The number of hydrazine groups is 1. The highest BCUT2D eigenvalue weighted by atomic mass is 16.6. The molecular weight excluding hydrogens is 242 g/mol. The fourth-order valence-corrected chi connectivity index (χ4v) is 3.08. The van der Waals surface area contributed by atoms with Crippen molar-refractivity contribution in [1.29, 1.82) is 0 Å². The summed E-state index contributed by atoms with van der Waals surface area (Å²) < 4.78 is 5.98. The van der Waals surface area contributed by atoms with Crippen LogP contribution in [0.15, 0.2) is 0 Å². The van der Waals surface area contributed by atoms with Crippen molar-refractivity contribution < 1.29 is 9.53 Å². The number of ether oxygens (including phenoxy) is 1. The minimum Gasteiger partial charge on any atom is -0.458 e. The van der Waals surface area contributed by atoms with Gasteiger partial charge in [0.1, 0.15) is 16.8 Å². The minimum absolute atomic E-state index is 0.162. The molecule has 0 radical (unpaired) electrons. The Hall–Kier alpha value is -0.650. The number of carbonyl (C=O) groups is 1. The lowest BCUT2D eigenvalue weighted by Gasteiger charge is -2.36. The maximum Gasteiger partial charge on any atom is 0.330 e. The van der Waals surface area contributed by atoms with Gasteiger partial charge in [0, 0.05) is 0 Å². The summed E-state index contributed by atoms with van der Waals surface area (Å²) in [4.78, 5) is 12.7. The van der Waals surface area contributed by atoms with Gasteiger partial charge in [-0.25, -0.2) is 15.6 Å². The third-order valence-corrected chi connectivity index (χ3v) is 4.94. The van der Waals surface area contributed by atoms with Gasteiger partial charge in [-0.15, -0.1) is 0 Å². The number of carbonyl (C=O) groups excluding carboxylic acids is 1. The standard InChI is InChI=1S/C14H27N3O2/c1-5-8-14(9-6-7-10-14)19-11(18)12(2,15-4)13(3)16-17-13/h15-17H,5-10H2,1-4H3. The van der Waals surface area contributed by atoms with Gasteiger partial charge in [-0.3, -0.25) is 0 Å². The van der Waals surface area contributed by atoms with Crippen LogP contribution in [0.2, 0.25) is 0 Å². The summed E-state index contributed by atoms with van der Waals surface area (Å²) in [5.41, 5.74) is 4.67. The van der Waals surface area contributed by atoms with E-state index in [4.69, 9.17) is 4.74 Å². The van der Waals surface area contributed by atoms with Gasteiger partial charge < -0.3 is 10.1 Å². The van der Waals surface area contributed by atoms with E-state index in [1.165, 1.54) is 0 Å². The molecule has 1 aliphatic carbocycles. The molecule has 0 aromatic carbocycles. The van der Waals surface area contributed by atoms with Crippen LogP contribution in [0.1, 0.15) is 59.3 Å². The zero-order valence-electron chi connectivity index (χ0n) is 12.6. The Balaban J connectivity index is 2.10. The van der Waals surface area contributed by atoms with Gasteiger partial charge >= 0.3 is 5.97 Å². The normalized spacial score (nSPS) is 26.7. The topological polar surface area (TPSA) is 82.2 Å². The molecule has 0 spiro atoms. The lowest BCUT2D eigenvalue weighted by Crippen LogP contribution is -2.62. The van der Waals surface area contributed by atoms with Crippen molar-refractivity contribution in [2.24, 2.45) is 0 Å². The van der Waals surface area contributed by atoms with E-state index in [9.17, 15) is 4.79 Å². The molecule has 1 saturated carbocycles. The second-order valence-corrected chi connectivity index (χ2v) is 6.28. The van der Waals surface area contributed by atoms with Gasteiger partial charge in [-0.05, 0) is 53.0 Å². The molecule has 1 saturated heterocycles. The van der Waals surface area contributed by atoms with E-state index in [-0.39, 0.29) is 11.6 Å². The maximum absolute atomic E-state index is 12.7. The van der Waals surface area contributed by atoms with Crippen molar-refractivity contribution in [1.82, 2.24) is 16.2 Å². The highest BCUT2D eigenvalue weighted by Crippen LogP contribution is 2.39. The average Bonchev–Trinajstić information content (AvgIpc) is 2.98. The Morgan fingerprint density at radius 1 is 1.37 bits per heavy atom. The molecule has 0 amide bonds. The van der Waals surface area contributed by atoms with Crippen LogP contribution in [0.5, 0.6) is 0 Å². The smallest absolute Gasteiger partial charge is 0.330 e. The molecule has 5 nitrogen and oxygen atoms in total. The highest BCUT2D eigenvalue weighted by molar-refractivity contribution is 5.83. The summed E-state index contributed by atoms with van der Waals surface area (Å²) in [7, 11) is 1.80. The van der Waals surface area contributed by atoms with Crippen molar-refractivity contribution in [3.8, 4) is 0 Å². The van der Waals surface area contributed by atoms with E-state index in [1.54, 1.807) is 7.05 Å². The van der Waals surface area contributed by atoms with Crippen LogP contribution in [-0.4, -0.2) is 29.8 Å². The predicted octanol–water partition coefficient (Wildman–Crippen LogP) is 1.44. The van der Waals surface area contributed by atoms with Crippen LogP contribution in [0.25, 0.3) is 0 Å². The molecule has 0 bridgehead atoms. The average molecular weight is 269 g/mol. The molecule has 2 aliphatic rings. The van der Waals surface area contributed by atoms with Crippen molar-refractivity contribution in [2.45, 2.75) is 76.1 Å². The quantitative estimate of drug-likeness (QED) is 0.502. The zero-order valence-corrected chi connectivity index (χ0v) is 12.6. The summed E-state index contributed by atoms with van der Waals surface area (Å²) in [6, 6.07) is 0. The molecule has 1 atom stereocenters. The van der Waals surface area contributed by atoms with Gasteiger partial charge in [-0.2, -0.15) is 0 Å². The van der Waals surface area contributed by atoms with E-state index in [1.807, 2.05) is 13.8 Å². The number of nitrogens with one attached hydrogen (secondary N) is 3. The van der Waals surface area contributed by atoms with E-state index in [0.29, 0.717) is 0 Å². The second-order valence-electron chi connectivity index (χ2n) is 6.28. The van der Waals surface area contributed by atoms with Gasteiger partial charge in [0.25, 0.3) is 0 Å². The summed E-state index contributed by atoms with van der Waals surface area (Å²) in [6.07, 6.45) is 6.36. The lowest BCUT2D eigenvalue weighted by molar-refractivity contribution is -0.169. The predicted molar refractivity (Wildman–Crippen MR) is 74.3 cm³/mol. The number of likely N-dealkylation sites (N-methyl/N-ethyl adjacent to an activating group) is 1.